The molecule has 1 N–H and O–H groups in total. The van der Waals surface area contributed by atoms with E-state index < -0.39 is 0 Å². The first-order chi connectivity index (χ1) is 8.56. The van der Waals surface area contributed by atoms with Crippen molar-refractivity contribution < 1.29 is 4.39 Å². The minimum atomic E-state index is -0.296. The number of hydrazine groups is 1. The molecule has 0 radical (unpaired) electrons. The van der Waals surface area contributed by atoms with Crippen LogP contribution in [0.5, 0.6) is 0 Å². The molecular weight excluding hydrogens is 253 g/mol. The summed E-state index contributed by atoms with van der Waals surface area (Å²) in [4.78, 5) is 2.30. The maximum absolute atomic E-state index is 13.0. The number of nitrogens with one attached hydrogen (secondary N) is 1. The van der Waals surface area contributed by atoms with Crippen LogP contribution in [0, 0.1) is 5.82 Å². The van der Waals surface area contributed by atoms with Gasteiger partial charge in [0.05, 0.1) is 0 Å². The fourth-order valence-electron chi connectivity index (χ4n) is 2.13. The fourth-order valence-corrected chi connectivity index (χ4v) is 2.46. The molecule has 1 unspecified atom stereocenters. The van der Waals surface area contributed by atoms with Gasteiger partial charge in [-0.1, -0.05) is 17.7 Å². The molecule has 2 rings (SSSR count). The van der Waals surface area contributed by atoms with Crippen LogP contribution in [0.3, 0.4) is 0 Å². The van der Waals surface area contributed by atoms with Gasteiger partial charge >= 0.3 is 0 Å². The van der Waals surface area contributed by atoms with Gasteiger partial charge in [-0.05, 0) is 31.7 Å². The van der Waals surface area contributed by atoms with E-state index >= 15 is 0 Å². The number of halogens is 2. The monoisotopic (exact) mass is 271 g/mol. The standard InChI is InChI=1S/C13H19ClFN3/c1-10(12-4-3-11(15)9-13(12)14)16-18-7-5-17(2)6-8-18/h3-4,9-10,16H,5-8H2,1-2H3. The zero-order chi connectivity index (χ0) is 13.1. The summed E-state index contributed by atoms with van der Waals surface area (Å²) in [5.74, 6) is -0.296. The first-order valence-electron chi connectivity index (χ1n) is 6.21. The van der Waals surface area contributed by atoms with Gasteiger partial charge in [-0.25, -0.2) is 14.8 Å². The van der Waals surface area contributed by atoms with Gasteiger partial charge in [-0.2, -0.15) is 0 Å². The number of rotatable bonds is 3. The maximum Gasteiger partial charge on any atom is 0.124 e. The van der Waals surface area contributed by atoms with Crippen LogP contribution in [0.25, 0.3) is 0 Å². The Labute approximate surface area is 112 Å². The lowest BCUT2D eigenvalue weighted by Gasteiger charge is -2.34. The zero-order valence-corrected chi connectivity index (χ0v) is 11.5. The van der Waals surface area contributed by atoms with Gasteiger partial charge in [-0.3, -0.25) is 0 Å². The highest BCUT2D eigenvalue weighted by Crippen LogP contribution is 2.23. The Morgan fingerprint density at radius 1 is 1.28 bits per heavy atom. The number of nitrogens with zero attached hydrogens (tertiary/aromatic N) is 2. The van der Waals surface area contributed by atoms with E-state index in [4.69, 9.17) is 11.6 Å². The maximum atomic E-state index is 13.0. The number of hydrogen-bond acceptors (Lipinski definition) is 3. The van der Waals surface area contributed by atoms with E-state index in [-0.39, 0.29) is 11.9 Å². The molecule has 5 heteroatoms. The van der Waals surface area contributed by atoms with Crippen molar-refractivity contribution in [1.82, 2.24) is 15.3 Å². The number of piperazine rings is 1. The molecule has 1 saturated heterocycles. The Bertz CT molecular complexity index is 405. The lowest BCUT2D eigenvalue weighted by Crippen LogP contribution is -2.51. The van der Waals surface area contributed by atoms with Gasteiger partial charge in [0, 0.05) is 37.2 Å². The fraction of sp³-hybridized carbons (Fsp3) is 0.538. The molecule has 0 saturated carbocycles. The van der Waals surface area contributed by atoms with Gasteiger partial charge in [0.25, 0.3) is 0 Å². The largest absolute Gasteiger partial charge is 0.304 e. The molecule has 1 aromatic carbocycles. The Hall–Kier alpha value is -0.680. The van der Waals surface area contributed by atoms with Crippen molar-refractivity contribution in [2.45, 2.75) is 13.0 Å². The molecule has 1 atom stereocenters. The minimum absolute atomic E-state index is 0.0847. The van der Waals surface area contributed by atoms with Crippen molar-refractivity contribution in [3.8, 4) is 0 Å². The Kier molecular flexibility index (Phi) is 4.56. The van der Waals surface area contributed by atoms with Crippen LogP contribution in [0.1, 0.15) is 18.5 Å². The summed E-state index contributed by atoms with van der Waals surface area (Å²) >= 11 is 6.06. The molecule has 0 bridgehead atoms. The highest BCUT2D eigenvalue weighted by molar-refractivity contribution is 6.31. The van der Waals surface area contributed by atoms with E-state index in [0.717, 1.165) is 31.7 Å². The molecule has 0 amide bonds. The quantitative estimate of drug-likeness (QED) is 0.910. The summed E-state index contributed by atoms with van der Waals surface area (Å²) < 4.78 is 13.0. The van der Waals surface area contributed by atoms with Crippen molar-refractivity contribution in [1.29, 1.82) is 0 Å². The van der Waals surface area contributed by atoms with Crippen molar-refractivity contribution in [2.24, 2.45) is 0 Å². The van der Waals surface area contributed by atoms with Crippen molar-refractivity contribution in [3.63, 3.8) is 0 Å². The Morgan fingerprint density at radius 2 is 1.94 bits per heavy atom. The third-order valence-electron chi connectivity index (χ3n) is 3.31. The summed E-state index contributed by atoms with van der Waals surface area (Å²) in [5.41, 5.74) is 4.34. The van der Waals surface area contributed by atoms with E-state index in [0.29, 0.717) is 5.02 Å². The van der Waals surface area contributed by atoms with Gasteiger partial charge in [0.15, 0.2) is 0 Å². The van der Waals surface area contributed by atoms with Gasteiger partial charge in [0.1, 0.15) is 5.82 Å². The van der Waals surface area contributed by atoms with Crippen LogP contribution in [-0.2, 0) is 0 Å². The van der Waals surface area contributed by atoms with Crippen LogP contribution >= 0.6 is 11.6 Å². The second-order valence-corrected chi connectivity index (χ2v) is 5.21. The van der Waals surface area contributed by atoms with E-state index in [1.54, 1.807) is 6.07 Å². The predicted octanol–water partition coefficient (Wildman–Crippen LogP) is 2.29. The molecule has 1 fully saturated rings. The van der Waals surface area contributed by atoms with Crippen LogP contribution in [0.2, 0.25) is 5.02 Å². The van der Waals surface area contributed by atoms with Crippen LogP contribution < -0.4 is 5.43 Å². The molecule has 18 heavy (non-hydrogen) atoms. The van der Waals surface area contributed by atoms with Crippen molar-refractivity contribution >= 4 is 11.6 Å². The van der Waals surface area contributed by atoms with Gasteiger partial charge in [0.2, 0.25) is 0 Å². The van der Waals surface area contributed by atoms with E-state index in [2.05, 4.69) is 22.4 Å². The van der Waals surface area contributed by atoms with Crippen LogP contribution in [-0.4, -0.2) is 43.1 Å². The molecule has 100 valence electrons. The first kappa shape index (κ1) is 13.7. The van der Waals surface area contributed by atoms with Gasteiger partial charge in [-0.15, -0.1) is 0 Å². The molecule has 1 heterocycles. The van der Waals surface area contributed by atoms with Crippen molar-refractivity contribution in [3.05, 3.63) is 34.6 Å². The van der Waals surface area contributed by atoms with E-state index in [1.165, 1.54) is 12.1 Å². The molecular formula is C13H19ClFN3. The van der Waals surface area contributed by atoms with Crippen LogP contribution in [0.4, 0.5) is 4.39 Å². The third kappa shape index (κ3) is 3.42. The highest BCUT2D eigenvalue weighted by atomic mass is 35.5. The van der Waals surface area contributed by atoms with Gasteiger partial charge < -0.3 is 4.90 Å². The van der Waals surface area contributed by atoms with E-state index in [1.807, 2.05) is 6.92 Å². The minimum Gasteiger partial charge on any atom is -0.304 e. The predicted molar refractivity (Wildman–Crippen MR) is 72.0 cm³/mol. The lowest BCUT2D eigenvalue weighted by atomic mass is 10.1. The van der Waals surface area contributed by atoms with E-state index in [9.17, 15) is 4.39 Å². The molecule has 1 aromatic rings. The summed E-state index contributed by atoms with van der Waals surface area (Å²) in [6.07, 6.45) is 0. The second-order valence-electron chi connectivity index (χ2n) is 4.81. The summed E-state index contributed by atoms with van der Waals surface area (Å²) in [5, 5.41) is 2.67. The molecule has 0 aliphatic carbocycles. The van der Waals surface area contributed by atoms with Crippen LogP contribution in [0.15, 0.2) is 18.2 Å². The number of hydrogen-bond donors (Lipinski definition) is 1. The highest BCUT2D eigenvalue weighted by Gasteiger charge is 2.17. The molecule has 3 nitrogen and oxygen atoms in total. The molecule has 1 aliphatic rings. The SMILES string of the molecule is CC(NN1CCN(C)CC1)c1ccc(F)cc1Cl. The third-order valence-corrected chi connectivity index (χ3v) is 3.64. The smallest absolute Gasteiger partial charge is 0.124 e. The number of benzene rings is 1. The summed E-state index contributed by atoms with van der Waals surface area (Å²) in [6.45, 7) is 6.12. The molecule has 1 aliphatic heterocycles. The summed E-state index contributed by atoms with van der Waals surface area (Å²) in [6, 6.07) is 4.63. The average Bonchev–Trinajstić information content (AvgIpc) is 2.32. The lowest BCUT2D eigenvalue weighted by molar-refractivity contribution is 0.0899. The Morgan fingerprint density at radius 3 is 2.56 bits per heavy atom. The molecule has 0 spiro atoms. The number of likely N-dealkylation sites (N-methyl/N-ethyl adjacent to an activating group) is 1. The average molecular weight is 272 g/mol. The Balaban J connectivity index is 1.97. The molecule has 0 aromatic heterocycles. The summed E-state index contributed by atoms with van der Waals surface area (Å²) in [7, 11) is 2.12. The normalized spacial score (nSPS) is 20.0. The second kappa shape index (κ2) is 5.97. The zero-order valence-electron chi connectivity index (χ0n) is 10.8. The first-order valence-corrected chi connectivity index (χ1v) is 6.58. The topological polar surface area (TPSA) is 18.5 Å². The van der Waals surface area contributed by atoms with Crippen molar-refractivity contribution in [2.75, 3.05) is 33.2 Å².